The summed E-state index contributed by atoms with van der Waals surface area (Å²) in [6.07, 6.45) is 3.85. The molecule has 0 spiro atoms. The zero-order valence-electron chi connectivity index (χ0n) is 23.3. The molecule has 2 heterocycles. The number of nitrogens with zero attached hydrogens (tertiary/aromatic N) is 3. The quantitative estimate of drug-likeness (QED) is 0.356. The minimum Gasteiger partial charge on any atom is -0.457 e. The number of halogens is 3. The van der Waals surface area contributed by atoms with Crippen molar-refractivity contribution in [1.82, 2.24) is 14.3 Å². The summed E-state index contributed by atoms with van der Waals surface area (Å²) in [4.78, 5) is 22.4. The molecule has 1 N–H and O–H groups in total. The zero-order chi connectivity index (χ0) is 30.0. The number of benzene rings is 2. The van der Waals surface area contributed by atoms with Crippen LogP contribution in [0.4, 0.5) is 19.0 Å². The summed E-state index contributed by atoms with van der Waals surface area (Å²) >= 11 is 0. The van der Waals surface area contributed by atoms with Crippen molar-refractivity contribution in [2.75, 3.05) is 11.9 Å². The predicted octanol–water partition coefficient (Wildman–Crippen LogP) is 6.19. The van der Waals surface area contributed by atoms with E-state index in [4.69, 9.17) is 4.74 Å². The highest BCUT2D eigenvalue weighted by Gasteiger charge is 2.54. The SMILES string of the molecule is O=C(Nc1ncnc2c1CCN(S(=O)(=O)c1ccc(Oc3ccc(C(F)(F)F)cc3)cc1)C2)C12CC3CC(CC(C3)C1)C2. The Labute approximate surface area is 247 Å². The standard InChI is InChI=1S/C31H31F3N4O4S/c32-31(33,34)22-1-3-23(4-2-22)42-24-5-7-25(8-6-24)43(40,41)38-10-9-26-27(17-38)35-18-36-28(26)37-29(39)30-14-19-11-20(15-30)13-21(12-19)16-30/h1-8,18-21H,9-17H2,(H,35,36,37,39). The Morgan fingerprint density at radius 1 is 0.907 bits per heavy atom. The van der Waals surface area contributed by atoms with Crippen molar-refractivity contribution in [2.45, 2.75) is 62.6 Å². The topological polar surface area (TPSA) is 101 Å². The summed E-state index contributed by atoms with van der Waals surface area (Å²) in [7, 11) is -3.88. The van der Waals surface area contributed by atoms with Crippen LogP contribution in [0.3, 0.4) is 0 Å². The summed E-state index contributed by atoms with van der Waals surface area (Å²) in [5, 5.41) is 3.12. The molecule has 4 saturated carbocycles. The van der Waals surface area contributed by atoms with E-state index in [0.717, 1.165) is 37.0 Å². The van der Waals surface area contributed by atoms with Crippen molar-refractivity contribution in [3.05, 3.63) is 71.7 Å². The largest absolute Gasteiger partial charge is 0.457 e. The molecule has 1 amide bonds. The molecule has 4 bridgehead atoms. The Kier molecular flexibility index (Phi) is 6.77. The first-order valence-electron chi connectivity index (χ1n) is 14.6. The van der Waals surface area contributed by atoms with Gasteiger partial charge in [0.1, 0.15) is 23.6 Å². The Bertz CT molecular complexity index is 1620. The highest BCUT2D eigenvalue weighted by Crippen LogP contribution is 2.60. The second-order valence-electron chi connectivity index (χ2n) is 12.5. The van der Waals surface area contributed by atoms with Gasteiger partial charge >= 0.3 is 6.18 Å². The number of alkyl halides is 3. The maximum Gasteiger partial charge on any atom is 0.416 e. The smallest absolute Gasteiger partial charge is 0.416 e. The molecule has 8 rings (SSSR count). The van der Waals surface area contributed by atoms with Crippen molar-refractivity contribution >= 4 is 21.7 Å². The summed E-state index contributed by atoms with van der Waals surface area (Å²) in [6.45, 7) is 0.247. The van der Waals surface area contributed by atoms with E-state index < -0.39 is 21.8 Å². The molecule has 0 unspecified atom stereocenters. The van der Waals surface area contributed by atoms with Gasteiger partial charge in [-0.15, -0.1) is 0 Å². The van der Waals surface area contributed by atoms with Crippen molar-refractivity contribution in [3.63, 3.8) is 0 Å². The Morgan fingerprint density at radius 3 is 2.07 bits per heavy atom. The monoisotopic (exact) mass is 612 g/mol. The van der Waals surface area contributed by atoms with Crippen molar-refractivity contribution < 1.29 is 31.1 Å². The lowest BCUT2D eigenvalue weighted by atomic mass is 9.49. The van der Waals surface area contributed by atoms with Gasteiger partial charge in [-0.05, 0) is 111 Å². The van der Waals surface area contributed by atoms with Crippen molar-refractivity contribution in [2.24, 2.45) is 23.2 Å². The third-order valence-corrected chi connectivity index (χ3v) is 11.5. The molecule has 5 aliphatic rings. The van der Waals surface area contributed by atoms with Gasteiger partial charge in [0.25, 0.3) is 0 Å². The van der Waals surface area contributed by atoms with E-state index in [9.17, 15) is 26.4 Å². The molecule has 12 heteroatoms. The number of fused-ring (bicyclic) bond motifs is 1. The number of nitrogens with one attached hydrogen (secondary N) is 1. The first-order valence-corrected chi connectivity index (χ1v) is 16.0. The van der Waals surface area contributed by atoms with Crippen LogP contribution in [0.2, 0.25) is 0 Å². The minimum atomic E-state index is -4.45. The van der Waals surface area contributed by atoms with E-state index in [1.807, 2.05) is 0 Å². The molecule has 8 nitrogen and oxygen atoms in total. The number of hydrogen-bond acceptors (Lipinski definition) is 6. The predicted molar refractivity (Wildman–Crippen MR) is 151 cm³/mol. The second-order valence-corrected chi connectivity index (χ2v) is 14.4. The fraction of sp³-hybridized carbons (Fsp3) is 0.452. The van der Waals surface area contributed by atoms with Crippen molar-refractivity contribution in [3.8, 4) is 11.5 Å². The van der Waals surface area contributed by atoms with Gasteiger partial charge in [0.05, 0.1) is 28.1 Å². The van der Waals surface area contributed by atoms with E-state index in [1.54, 1.807) is 0 Å². The molecular formula is C31H31F3N4O4S. The van der Waals surface area contributed by atoms with Crippen LogP contribution in [0.5, 0.6) is 11.5 Å². The number of carbonyl (C=O) groups is 1. The molecule has 0 radical (unpaired) electrons. The van der Waals surface area contributed by atoms with E-state index in [2.05, 4.69) is 15.3 Å². The third kappa shape index (κ3) is 5.28. The molecule has 3 aromatic rings. The Hall–Kier alpha value is -3.51. The van der Waals surface area contributed by atoms with Gasteiger partial charge in [0.2, 0.25) is 15.9 Å². The maximum absolute atomic E-state index is 13.6. The minimum absolute atomic E-state index is 0.0427. The summed E-state index contributed by atoms with van der Waals surface area (Å²) < 4.78 is 72.3. The zero-order valence-corrected chi connectivity index (χ0v) is 24.1. The number of carbonyl (C=O) groups excluding carboxylic acids is 1. The molecule has 4 fully saturated rings. The van der Waals surface area contributed by atoms with E-state index in [-0.39, 0.29) is 40.8 Å². The molecule has 0 atom stereocenters. The summed E-state index contributed by atoms with van der Waals surface area (Å²) in [6, 6.07) is 9.99. The van der Waals surface area contributed by atoms with Crippen LogP contribution >= 0.6 is 0 Å². The van der Waals surface area contributed by atoms with Crippen LogP contribution in [-0.4, -0.2) is 35.1 Å². The first-order chi connectivity index (χ1) is 20.5. The molecule has 2 aromatic carbocycles. The third-order valence-electron chi connectivity index (χ3n) is 9.60. The average Bonchev–Trinajstić information content (AvgIpc) is 2.96. The highest BCUT2D eigenvalue weighted by molar-refractivity contribution is 7.89. The number of anilines is 1. The van der Waals surface area contributed by atoms with Gasteiger partial charge in [0.15, 0.2) is 0 Å². The fourth-order valence-corrected chi connectivity index (χ4v) is 9.35. The molecule has 43 heavy (non-hydrogen) atoms. The van der Waals surface area contributed by atoms with E-state index in [1.165, 1.54) is 66.3 Å². The molecular weight excluding hydrogens is 581 g/mol. The van der Waals surface area contributed by atoms with Crippen molar-refractivity contribution in [1.29, 1.82) is 0 Å². The molecule has 1 aromatic heterocycles. The van der Waals surface area contributed by atoms with Gasteiger partial charge < -0.3 is 10.1 Å². The van der Waals surface area contributed by atoms with Gasteiger partial charge in [-0.1, -0.05) is 0 Å². The maximum atomic E-state index is 13.6. The van der Waals surface area contributed by atoms with Crippen LogP contribution in [0.1, 0.15) is 55.3 Å². The van der Waals surface area contributed by atoms with Crippen LogP contribution in [0.25, 0.3) is 0 Å². The van der Waals surface area contributed by atoms with Gasteiger partial charge in [-0.3, -0.25) is 4.79 Å². The number of hydrogen-bond donors (Lipinski definition) is 1. The summed E-state index contributed by atoms with van der Waals surface area (Å²) in [5.74, 6) is 2.92. The highest BCUT2D eigenvalue weighted by atomic mass is 32.2. The normalized spacial score (nSPS) is 26.6. The second kappa shape index (κ2) is 10.3. The Balaban J connectivity index is 1.03. The van der Waals surface area contributed by atoms with Gasteiger partial charge in [0, 0.05) is 12.1 Å². The number of amides is 1. The number of ether oxygens (including phenoxy) is 1. The summed E-state index contributed by atoms with van der Waals surface area (Å²) in [5.41, 5.74) is 0.228. The average molecular weight is 613 g/mol. The Morgan fingerprint density at radius 2 is 1.49 bits per heavy atom. The van der Waals surface area contributed by atoms with Crippen LogP contribution in [-0.2, 0) is 34.0 Å². The number of sulfonamides is 1. The molecule has 1 aliphatic heterocycles. The lowest BCUT2D eigenvalue weighted by Crippen LogP contribution is -2.52. The number of aromatic nitrogens is 2. The fourth-order valence-electron chi connectivity index (χ4n) is 7.95. The first kappa shape index (κ1) is 28.3. The lowest BCUT2D eigenvalue weighted by Gasteiger charge is -2.55. The van der Waals surface area contributed by atoms with Crippen LogP contribution in [0, 0.1) is 23.2 Å². The van der Waals surface area contributed by atoms with Crippen LogP contribution in [0.15, 0.2) is 59.8 Å². The molecule has 0 saturated heterocycles. The van der Waals surface area contributed by atoms with Crippen LogP contribution < -0.4 is 10.1 Å². The molecule has 226 valence electrons. The van der Waals surface area contributed by atoms with E-state index >= 15 is 0 Å². The van der Waals surface area contributed by atoms with Gasteiger partial charge in [-0.25, -0.2) is 18.4 Å². The molecule has 4 aliphatic carbocycles. The number of rotatable bonds is 6. The van der Waals surface area contributed by atoms with E-state index in [0.29, 0.717) is 35.7 Å². The lowest BCUT2D eigenvalue weighted by molar-refractivity contribution is -0.140. The van der Waals surface area contributed by atoms with Gasteiger partial charge in [-0.2, -0.15) is 17.5 Å².